The summed E-state index contributed by atoms with van der Waals surface area (Å²) in [4.78, 5) is 9.10. The first-order chi connectivity index (χ1) is 6.88. The summed E-state index contributed by atoms with van der Waals surface area (Å²) in [6.07, 6.45) is 1.78. The first-order valence-corrected chi connectivity index (χ1v) is 7.39. The molecule has 15 heavy (non-hydrogen) atoms. The molecule has 0 aliphatic rings. The quantitative estimate of drug-likeness (QED) is 0.635. The van der Waals surface area contributed by atoms with Gasteiger partial charge in [-0.15, -0.1) is 0 Å². The third-order valence-electron chi connectivity index (χ3n) is 2.10. The monoisotopic (exact) mass is 247 g/mol. The molecule has 0 amide bonds. The van der Waals surface area contributed by atoms with Gasteiger partial charge in [-0.3, -0.25) is 4.57 Å². The van der Waals surface area contributed by atoms with Crippen molar-refractivity contribution in [2.24, 2.45) is 0 Å². The highest BCUT2D eigenvalue weighted by Gasteiger charge is 2.08. The van der Waals surface area contributed by atoms with Crippen LogP contribution < -0.4 is 5.73 Å². The van der Waals surface area contributed by atoms with E-state index in [2.05, 4.69) is 0 Å². The lowest BCUT2D eigenvalue weighted by Gasteiger charge is -2.06. The van der Waals surface area contributed by atoms with Gasteiger partial charge >= 0.3 is 0 Å². The highest BCUT2D eigenvalue weighted by atomic mass is 35.5. The fourth-order valence-corrected chi connectivity index (χ4v) is 2.19. The normalized spacial score (nSPS) is 14.9. The number of nitrogen functional groups attached to an aromatic ring is 1. The SMILES string of the molecule is CP(=O)(O)CCCc1ccc(Cl)c(N)c1. The van der Waals surface area contributed by atoms with Crippen molar-refractivity contribution in [3.8, 4) is 0 Å². The molecule has 3 N–H and O–H groups in total. The standard InChI is InChI=1S/C10H15ClNO2P/c1-15(13,14)6-2-3-8-4-5-9(11)10(12)7-8/h4-5,7H,2-3,6,12H2,1H3,(H,13,14). The van der Waals surface area contributed by atoms with Crippen LogP contribution in [0.4, 0.5) is 5.69 Å². The molecule has 0 aliphatic heterocycles. The van der Waals surface area contributed by atoms with E-state index in [9.17, 15) is 4.57 Å². The Morgan fingerprint density at radius 2 is 2.20 bits per heavy atom. The molecule has 0 heterocycles. The van der Waals surface area contributed by atoms with E-state index in [4.69, 9.17) is 22.2 Å². The third kappa shape index (κ3) is 4.70. The van der Waals surface area contributed by atoms with E-state index in [0.29, 0.717) is 23.3 Å². The smallest absolute Gasteiger partial charge is 0.197 e. The molecular weight excluding hydrogens is 233 g/mol. The summed E-state index contributed by atoms with van der Waals surface area (Å²) in [5, 5.41) is 0.544. The summed E-state index contributed by atoms with van der Waals surface area (Å²) in [6.45, 7) is 1.38. The number of rotatable bonds is 4. The van der Waals surface area contributed by atoms with Gasteiger partial charge in [0.25, 0.3) is 0 Å². The molecule has 84 valence electrons. The Bertz CT molecular complexity index is 389. The highest BCUT2D eigenvalue weighted by Crippen LogP contribution is 2.36. The van der Waals surface area contributed by atoms with Gasteiger partial charge in [-0.1, -0.05) is 17.7 Å². The van der Waals surface area contributed by atoms with Crippen LogP contribution in [0.15, 0.2) is 18.2 Å². The summed E-state index contributed by atoms with van der Waals surface area (Å²) in [7, 11) is -2.88. The Morgan fingerprint density at radius 3 is 2.73 bits per heavy atom. The fourth-order valence-electron chi connectivity index (χ4n) is 1.33. The molecule has 1 atom stereocenters. The van der Waals surface area contributed by atoms with E-state index in [0.717, 1.165) is 12.0 Å². The average molecular weight is 248 g/mol. The van der Waals surface area contributed by atoms with Gasteiger partial charge in [0.15, 0.2) is 7.37 Å². The summed E-state index contributed by atoms with van der Waals surface area (Å²) >= 11 is 5.78. The van der Waals surface area contributed by atoms with Crippen LogP contribution in [0.25, 0.3) is 0 Å². The zero-order valence-electron chi connectivity index (χ0n) is 8.61. The summed E-state index contributed by atoms with van der Waals surface area (Å²) in [5.74, 6) is 0. The minimum absolute atomic E-state index is 0.343. The molecular formula is C10H15ClNO2P. The molecule has 1 unspecified atom stereocenters. The Labute approximate surface area is 94.7 Å². The molecule has 1 rings (SSSR count). The number of aryl methyl sites for hydroxylation is 1. The molecule has 0 fully saturated rings. The number of hydrogen-bond donors (Lipinski definition) is 2. The van der Waals surface area contributed by atoms with Crippen LogP contribution in [0.2, 0.25) is 5.02 Å². The van der Waals surface area contributed by atoms with Crippen molar-refractivity contribution in [2.75, 3.05) is 18.6 Å². The molecule has 0 aliphatic carbocycles. The second-order valence-corrected chi connectivity index (χ2v) is 6.69. The van der Waals surface area contributed by atoms with E-state index in [1.807, 2.05) is 6.07 Å². The van der Waals surface area contributed by atoms with Gasteiger partial charge in [0.2, 0.25) is 0 Å². The maximum atomic E-state index is 11.0. The van der Waals surface area contributed by atoms with Gasteiger partial charge < -0.3 is 10.6 Å². The molecule has 3 nitrogen and oxygen atoms in total. The number of halogens is 1. The van der Waals surface area contributed by atoms with Crippen LogP contribution in [0, 0.1) is 0 Å². The van der Waals surface area contributed by atoms with Gasteiger partial charge in [-0.05, 0) is 30.5 Å². The molecule has 0 spiro atoms. The minimum atomic E-state index is -2.88. The summed E-state index contributed by atoms with van der Waals surface area (Å²) in [5.41, 5.74) is 7.24. The Morgan fingerprint density at radius 1 is 1.53 bits per heavy atom. The number of anilines is 1. The lowest BCUT2D eigenvalue weighted by Crippen LogP contribution is -1.94. The van der Waals surface area contributed by atoms with Crippen LogP contribution in [-0.4, -0.2) is 17.7 Å². The van der Waals surface area contributed by atoms with Crippen molar-refractivity contribution in [2.45, 2.75) is 12.8 Å². The minimum Gasteiger partial charge on any atom is -0.398 e. The van der Waals surface area contributed by atoms with Gasteiger partial charge in [-0.2, -0.15) is 0 Å². The topological polar surface area (TPSA) is 63.3 Å². The first-order valence-electron chi connectivity index (χ1n) is 4.72. The number of nitrogens with two attached hydrogens (primary N) is 1. The molecule has 0 radical (unpaired) electrons. The summed E-state index contributed by atoms with van der Waals surface area (Å²) < 4.78 is 11.0. The second kappa shape index (κ2) is 5.02. The van der Waals surface area contributed by atoms with Crippen molar-refractivity contribution < 1.29 is 9.46 Å². The predicted molar refractivity (Wildman–Crippen MR) is 64.8 cm³/mol. The van der Waals surface area contributed by atoms with Crippen LogP contribution in [0.1, 0.15) is 12.0 Å². The van der Waals surface area contributed by atoms with Gasteiger partial charge in [0, 0.05) is 12.8 Å². The largest absolute Gasteiger partial charge is 0.398 e. The molecule has 0 bridgehead atoms. The Kier molecular flexibility index (Phi) is 4.21. The maximum absolute atomic E-state index is 11.0. The van der Waals surface area contributed by atoms with Gasteiger partial charge in [0.05, 0.1) is 10.7 Å². The predicted octanol–water partition coefficient (Wildman–Crippen LogP) is 2.75. The van der Waals surface area contributed by atoms with Crippen molar-refractivity contribution in [3.63, 3.8) is 0 Å². The average Bonchev–Trinajstić information content (AvgIpc) is 2.09. The van der Waals surface area contributed by atoms with Crippen molar-refractivity contribution >= 4 is 24.7 Å². The molecule has 0 saturated carbocycles. The zero-order valence-corrected chi connectivity index (χ0v) is 10.3. The van der Waals surface area contributed by atoms with E-state index < -0.39 is 7.37 Å². The van der Waals surface area contributed by atoms with Crippen molar-refractivity contribution in [1.29, 1.82) is 0 Å². The van der Waals surface area contributed by atoms with Crippen LogP contribution in [0.5, 0.6) is 0 Å². The lowest BCUT2D eigenvalue weighted by atomic mass is 10.1. The number of hydrogen-bond acceptors (Lipinski definition) is 2. The molecule has 1 aromatic carbocycles. The van der Waals surface area contributed by atoms with Crippen molar-refractivity contribution in [1.82, 2.24) is 0 Å². The Balaban J connectivity index is 2.52. The molecule has 5 heteroatoms. The van der Waals surface area contributed by atoms with E-state index >= 15 is 0 Å². The van der Waals surface area contributed by atoms with Gasteiger partial charge in [0.1, 0.15) is 0 Å². The second-order valence-electron chi connectivity index (χ2n) is 3.73. The van der Waals surface area contributed by atoms with Crippen LogP contribution in [-0.2, 0) is 11.0 Å². The number of benzene rings is 1. The van der Waals surface area contributed by atoms with Crippen molar-refractivity contribution in [3.05, 3.63) is 28.8 Å². The van der Waals surface area contributed by atoms with Gasteiger partial charge in [-0.25, -0.2) is 0 Å². The lowest BCUT2D eigenvalue weighted by molar-refractivity contribution is 0.483. The Hall–Kier alpha value is -0.500. The zero-order chi connectivity index (χ0) is 11.5. The van der Waals surface area contributed by atoms with Crippen LogP contribution >= 0.6 is 19.0 Å². The first kappa shape index (κ1) is 12.6. The summed E-state index contributed by atoms with van der Waals surface area (Å²) in [6, 6.07) is 5.44. The maximum Gasteiger partial charge on any atom is 0.197 e. The van der Waals surface area contributed by atoms with E-state index in [1.54, 1.807) is 12.1 Å². The molecule has 1 aromatic rings. The van der Waals surface area contributed by atoms with Crippen LogP contribution in [0.3, 0.4) is 0 Å². The van der Waals surface area contributed by atoms with E-state index in [1.165, 1.54) is 6.66 Å². The van der Waals surface area contributed by atoms with E-state index in [-0.39, 0.29) is 0 Å². The third-order valence-corrected chi connectivity index (χ3v) is 3.59. The molecule has 0 aromatic heterocycles. The highest BCUT2D eigenvalue weighted by molar-refractivity contribution is 7.57. The fraction of sp³-hybridized carbons (Fsp3) is 0.400. The molecule has 0 saturated heterocycles.